The fourth-order valence-electron chi connectivity index (χ4n) is 1.13. The quantitative estimate of drug-likeness (QED) is 0.760. The lowest BCUT2D eigenvalue weighted by atomic mass is 10.0. The van der Waals surface area contributed by atoms with Gasteiger partial charge in [0.15, 0.2) is 0 Å². The molecule has 2 heteroatoms. The highest BCUT2D eigenvalue weighted by Gasteiger charge is 2.04. The molecule has 0 radical (unpaired) electrons. The molecule has 13 heavy (non-hydrogen) atoms. The molecule has 0 amide bonds. The summed E-state index contributed by atoms with van der Waals surface area (Å²) in [5.41, 5.74) is 7.79. The topological polar surface area (TPSA) is 49.8 Å². The largest absolute Gasteiger partial charge is 0.323 e. The van der Waals surface area contributed by atoms with Crippen LogP contribution in [0, 0.1) is 11.3 Å². The van der Waals surface area contributed by atoms with Crippen molar-refractivity contribution in [3.05, 3.63) is 42.0 Å². The highest BCUT2D eigenvalue weighted by atomic mass is 14.6. The maximum atomic E-state index is 8.47. The van der Waals surface area contributed by atoms with Crippen LogP contribution in [0.2, 0.25) is 0 Å². The van der Waals surface area contributed by atoms with Crippen LogP contribution in [-0.2, 0) is 0 Å². The van der Waals surface area contributed by atoms with Gasteiger partial charge in [0.25, 0.3) is 0 Å². The summed E-state index contributed by atoms with van der Waals surface area (Å²) < 4.78 is 0. The number of nitriles is 1. The molecule has 0 spiro atoms. The van der Waals surface area contributed by atoms with Crippen molar-refractivity contribution in [2.24, 2.45) is 5.73 Å². The van der Waals surface area contributed by atoms with Crippen LogP contribution in [-0.4, -0.2) is 0 Å². The summed E-state index contributed by atoms with van der Waals surface area (Å²) in [7, 11) is 0. The summed E-state index contributed by atoms with van der Waals surface area (Å²) in [4.78, 5) is 0. The first kappa shape index (κ1) is 9.50. The third-order valence-corrected chi connectivity index (χ3v) is 1.89. The van der Waals surface area contributed by atoms with Crippen molar-refractivity contribution >= 4 is 6.08 Å². The van der Waals surface area contributed by atoms with Crippen LogP contribution in [0.15, 0.2) is 30.8 Å². The molecule has 0 heterocycles. The second-order valence-electron chi connectivity index (χ2n) is 2.84. The van der Waals surface area contributed by atoms with Gasteiger partial charge in [0.1, 0.15) is 0 Å². The molecule has 0 fully saturated rings. The van der Waals surface area contributed by atoms with E-state index in [0.29, 0.717) is 6.42 Å². The Bertz CT molecular complexity index is 336. The minimum Gasteiger partial charge on any atom is -0.323 e. The average molecular weight is 172 g/mol. The molecule has 66 valence electrons. The van der Waals surface area contributed by atoms with Gasteiger partial charge in [-0.1, -0.05) is 36.9 Å². The number of nitrogens with two attached hydrogens (primary N) is 1. The van der Waals surface area contributed by atoms with Crippen LogP contribution in [0.4, 0.5) is 0 Å². The van der Waals surface area contributed by atoms with Crippen molar-refractivity contribution in [1.82, 2.24) is 0 Å². The van der Waals surface area contributed by atoms with Crippen LogP contribution in [0.3, 0.4) is 0 Å². The van der Waals surface area contributed by atoms with Crippen LogP contribution in [0.25, 0.3) is 6.08 Å². The maximum Gasteiger partial charge on any atom is 0.0641 e. The first-order valence-electron chi connectivity index (χ1n) is 4.13. The van der Waals surface area contributed by atoms with Crippen molar-refractivity contribution in [2.45, 2.75) is 12.5 Å². The molecule has 1 aromatic carbocycles. The molecule has 0 aliphatic carbocycles. The van der Waals surface area contributed by atoms with Gasteiger partial charge in [-0.2, -0.15) is 5.26 Å². The number of hydrogen-bond donors (Lipinski definition) is 1. The van der Waals surface area contributed by atoms with Crippen molar-refractivity contribution < 1.29 is 0 Å². The average Bonchev–Trinajstić information content (AvgIpc) is 2.18. The molecule has 0 unspecified atom stereocenters. The van der Waals surface area contributed by atoms with Crippen molar-refractivity contribution in [1.29, 1.82) is 5.26 Å². The predicted octanol–water partition coefficient (Wildman–Crippen LogP) is 2.24. The Labute approximate surface area is 78.3 Å². The van der Waals surface area contributed by atoms with E-state index in [1.165, 1.54) is 0 Å². The van der Waals surface area contributed by atoms with Gasteiger partial charge in [-0.15, -0.1) is 0 Å². The van der Waals surface area contributed by atoms with Crippen molar-refractivity contribution in [3.63, 3.8) is 0 Å². The molecule has 0 aliphatic heterocycles. The second-order valence-corrected chi connectivity index (χ2v) is 2.84. The molecule has 0 saturated heterocycles. The molecule has 1 aromatic rings. The first-order valence-corrected chi connectivity index (χ1v) is 4.13. The van der Waals surface area contributed by atoms with Gasteiger partial charge in [-0.3, -0.25) is 0 Å². The zero-order valence-corrected chi connectivity index (χ0v) is 7.40. The molecule has 1 rings (SSSR count). The van der Waals surface area contributed by atoms with Crippen LogP contribution < -0.4 is 5.73 Å². The number of nitrogens with zero attached hydrogens (tertiary/aromatic N) is 1. The predicted molar refractivity (Wildman–Crippen MR) is 53.7 cm³/mol. The Morgan fingerprint density at radius 2 is 2.38 bits per heavy atom. The van der Waals surface area contributed by atoms with Crippen LogP contribution in [0.1, 0.15) is 23.6 Å². The minimum absolute atomic E-state index is 0.190. The van der Waals surface area contributed by atoms with E-state index in [-0.39, 0.29) is 6.04 Å². The molecule has 2 nitrogen and oxygen atoms in total. The molecular formula is C11H12N2. The standard InChI is InChI=1S/C11H12N2/c1-2-9-4-3-5-10(8-9)11(13)6-7-12/h2-5,8,11H,1,6,13H2/t11-/m1/s1. The van der Waals surface area contributed by atoms with Crippen LogP contribution in [0.5, 0.6) is 0 Å². The molecule has 0 aromatic heterocycles. The van der Waals surface area contributed by atoms with Gasteiger partial charge < -0.3 is 5.73 Å². The SMILES string of the molecule is C=Cc1cccc([C@H](N)CC#N)c1. The van der Waals surface area contributed by atoms with E-state index in [2.05, 4.69) is 12.6 Å². The smallest absolute Gasteiger partial charge is 0.0641 e. The zero-order valence-electron chi connectivity index (χ0n) is 7.40. The molecule has 0 saturated carbocycles. The van der Waals surface area contributed by atoms with Gasteiger partial charge in [0, 0.05) is 6.04 Å². The van der Waals surface area contributed by atoms with Gasteiger partial charge in [0.2, 0.25) is 0 Å². The molecule has 0 bridgehead atoms. The van der Waals surface area contributed by atoms with Gasteiger partial charge in [-0.25, -0.2) is 0 Å². The van der Waals surface area contributed by atoms with Crippen molar-refractivity contribution in [2.75, 3.05) is 0 Å². The summed E-state index contributed by atoms with van der Waals surface area (Å²) in [5.74, 6) is 0. The fourth-order valence-corrected chi connectivity index (χ4v) is 1.13. The Hall–Kier alpha value is -1.59. The Balaban J connectivity index is 2.89. The fraction of sp³-hybridized carbons (Fsp3) is 0.182. The van der Waals surface area contributed by atoms with Gasteiger partial charge in [-0.05, 0) is 11.1 Å². The van der Waals surface area contributed by atoms with E-state index in [9.17, 15) is 0 Å². The maximum absolute atomic E-state index is 8.47. The molecule has 2 N–H and O–H groups in total. The number of rotatable bonds is 3. The lowest BCUT2D eigenvalue weighted by Crippen LogP contribution is -2.08. The summed E-state index contributed by atoms with van der Waals surface area (Å²) in [6.07, 6.45) is 2.11. The van der Waals surface area contributed by atoms with Gasteiger partial charge >= 0.3 is 0 Å². The van der Waals surface area contributed by atoms with Crippen LogP contribution >= 0.6 is 0 Å². The molecule has 0 aliphatic rings. The first-order chi connectivity index (χ1) is 6.27. The minimum atomic E-state index is -0.190. The van der Waals surface area contributed by atoms with E-state index in [0.717, 1.165) is 11.1 Å². The van der Waals surface area contributed by atoms with Crippen molar-refractivity contribution in [3.8, 4) is 6.07 Å². The zero-order chi connectivity index (χ0) is 9.68. The van der Waals surface area contributed by atoms with E-state index < -0.39 is 0 Å². The van der Waals surface area contributed by atoms with Gasteiger partial charge in [0.05, 0.1) is 12.5 Å². The summed E-state index contributed by atoms with van der Waals surface area (Å²) in [6, 6.07) is 9.62. The highest BCUT2D eigenvalue weighted by Crippen LogP contribution is 2.15. The third-order valence-electron chi connectivity index (χ3n) is 1.89. The molecule has 1 atom stereocenters. The Kier molecular flexibility index (Phi) is 3.24. The molecular weight excluding hydrogens is 160 g/mol. The second kappa shape index (κ2) is 4.44. The Morgan fingerprint density at radius 3 is 3.00 bits per heavy atom. The third kappa shape index (κ3) is 2.43. The van der Waals surface area contributed by atoms with E-state index in [1.54, 1.807) is 6.08 Å². The highest BCUT2D eigenvalue weighted by molar-refractivity contribution is 5.48. The number of hydrogen-bond acceptors (Lipinski definition) is 2. The monoisotopic (exact) mass is 172 g/mol. The number of benzene rings is 1. The van der Waals surface area contributed by atoms with E-state index in [4.69, 9.17) is 11.0 Å². The van der Waals surface area contributed by atoms with E-state index >= 15 is 0 Å². The lowest BCUT2D eigenvalue weighted by Gasteiger charge is -2.07. The van der Waals surface area contributed by atoms with E-state index in [1.807, 2.05) is 24.3 Å². The summed E-state index contributed by atoms with van der Waals surface area (Å²) >= 11 is 0. The normalized spacial score (nSPS) is 11.7. The summed E-state index contributed by atoms with van der Waals surface area (Å²) in [6.45, 7) is 3.67. The Morgan fingerprint density at radius 1 is 1.62 bits per heavy atom. The summed E-state index contributed by atoms with van der Waals surface area (Å²) in [5, 5.41) is 8.47. The lowest BCUT2D eigenvalue weighted by molar-refractivity contribution is 0.748.